The van der Waals surface area contributed by atoms with Gasteiger partial charge in [-0.2, -0.15) is 0 Å². The Hall–Kier alpha value is -1.33. The number of carboxylic acids is 1. The van der Waals surface area contributed by atoms with Crippen LogP contribution in [-0.4, -0.2) is 35.1 Å². The summed E-state index contributed by atoms with van der Waals surface area (Å²) in [6.45, 7) is 4.24. The topological polar surface area (TPSA) is 79.7 Å². The first-order valence-corrected chi connectivity index (χ1v) is 5.87. The second kappa shape index (κ2) is 4.89. The van der Waals surface area contributed by atoms with Crippen LogP contribution in [0.2, 0.25) is 0 Å². The summed E-state index contributed by atoms with van der Waals surface area (Å²) >= 11 is 0. The maximum Gasteiger partial charge on any atom is 0.339 e. The first-order chi connectivity index (χ1) is 8.06. The molecule has 17 heavy (non-hydrogen) atoms. The molecule has 0 aliphatic carbocycles. The zero-order valence-electron chi connectivity index (χ0n) is 9.98. The molecule has 0 saturated carbocycles. The molecule has 1 aromatic rings. The predicted octanol–water partition coefficient (Wildman–Crippen LogP) is 1.21. The van der Waals surface area contributed by atoms with Crippen molar-refractivity contribution in [3.05, 3.63) is 23.2 Å². The molecule has 5 nitrogen and oxygen atoms in total. The molecule has 0 amide bonds. The number of hydrogen-bond acceptors (Lipinski definition) is 4. The molecule has 0 unspecified atom stereocenters. The molecule has 2 heterocycles. The number of hydrogen-bond donors (Lipinski definition) is 2. The van der Waals surface area contributed by atoms with Gasteiger partial charge in [-0.25, -0.2) is 4.79 Å². The Bertz CT molecular complexity index is 406. The summed E-state index contributed by atoms with van der Waals surface area (Å²) in [6, 6.07) is 1.92. The van der Waals surface area contributed by atoms with E-state index in [1.54, 1.807) is 13.0 Å². The van der Waals surface area contributed by atoms with Crippen molar-refractivity contribution in [3.8, 4) is 0 Å². The number of likely N-dealkylation sites (tertiary alicyclic amines) is 1. The lowest BCUT2D eigenvalue weighted by molar-refractivity contribution is 0.0695. The molecule has 1 saturated heterocycles. The quantitative estimate of drug-likeness (QED) is 0.827. The van der Waals surface area contributed by atoms with E-state index in [4.69, 9.17) is 15.3 Å². The van der Waals surface area contributed by atoms with Gasteiger partial charge in [-0.1, -0.05) is 0 Å². The number of piperidine rings is 1. The van der Waals surface area contributed by atoms with Crippen molar-refractivity contribution in [1.29, 1.82) is 0 Å². The summed E-state index contributed by atoms with van der Waals surface area (Å²) in [5.74, 6) is 0.259. The van der Waals surface area contributed by atoms with E-state index < -0.39 is 5.97 Å². The maximum absolute atomic E-state index is 10.9. The van der Waals surface area contributed by atoms with Crippen molar-refractivity contribution < 1.29 is 14.3 Å². The van der Waals surface area contributed by atoms with Crippen LogP contribution in [0.3, 0.4) is 0 Å². The van der Waals surface area contributed by atoms with Crippen LogP contribution in [0.15, 0.2) is 10.5 Å². The summed E-state index contributed by atoms with van der Waals surface area (Å²) in [5.41, 5.74) is 6.09. The Morgan fingerprint density at radius 1 is 1.59 bits per heavy atom. The Kier molecular flexibility index (Phi) is 3.49. The fourth-order valence-corrected chi connectivity index (χ4v) is 2.17. The lowest BCUT2D eigenvalue weighted by Crippen LogP contribution is -2.39. The van der Waals surface area contributed by atoms with Crippen molar-refractivity contribution >= 4 is 5.97 Å². The minimum Gasteiger partial charge on any atom is -0.478 e. The monoisotopic (exact) mass is 238 g/mol. The molecule has 2 rings (SSSR count). The summed E-state index contributed by atoms with van der Waals surface area (Å²) in [7, 11) is 0. The second-order valence-electron chi connectivity index (χ2n) is 4.60. The normalized spacial score (nSPS) is 18.5. The van der Waals surface area contributed by atoms with Gasteiger partial charge in [0.25, 0.3) is 0 Å². The van der Waals surface area contributed by atoms with Crippen LogP contribution < -0.4 is 5.73 Å². The van der Waals surface area contributed by atoms with Gasteiger partial charge < -0.3 is 15.3 Å². The van der Waals surface area contributed by atoms with Crippen LogP contribution in [0, 0.1) is 6.92 Å². The van der Waals surface area contributed by atoms with Crippen molar-refractivity contribution in [2.75, 3.05) is 13.1 Å². The van der Waals surface area contributed by atoms with Crippen LogP contribution in [-0.2, 0) is 6.54 Å². The van der Waals surface area contributed by atoms with E-state index in [0.717, 1.165) is 31.7 Å². The third-order valence-electron chi connectivity index (χ3n) is 3.21. The van der Waals surface area contributed by atoms with E-state index in [-0.39, 0.29) is 5.56 Å². The third-order valence-corrected chi connectivity index (χ3v) is 3.21. The molecule has 5 heteroatoms. The van der Waals surface area contributed by atoms with Crippen LogP contribution >= 0.6 is 0 Å². The number of rotatable bonds is 3. The molecule has 0 aromatic carbocycles. The largest absolute Gasteiger partial charge is 0.478 e. The number of carboxylic acid groups (broad SMARTS) is 1. The zero-order valence-corrected chi connectivity index (χ0v) is 9.98. The van der Waals surface area contributed by atoms with Crippen LogP contribution in [0.25, 0.3) is 0 Å². The number of carbonyl (C=O) groups is 1. The number of aromatic carboxylic acids is 1. The molecule has 1 aliphatic heterocycles. The molecule has 0 bridgehead atoms. The van der Waals surface area contributed by atoms with Gasteiger partial charge >= 0.3 is 5.97 Å². The molecule has 1 aromatic heterocycles. The molecule has 0 radical (unpaired) electrons. The van der Waals surface area contributed by atoms with Gasteiger partial charge in [-0.15, -0.1) is 0 Å². The molecular weight excluding hydrogens is 220 g/mol. The average Bonchev–Trinajstić information content (AvgIpc) is 2.63. The van der Waals surface area contributed by atoms with Crippen molar-refractivity contribution in [2.24, 2.45) is 5.73 Å². The average molecular weight is 238 g/mol. The van der Waals surface area contributed by atoms with E-state index in [1.165, 1.54) is 0 Å². The van der Waals surface area contributed by atoms with E-state index in [1.807, 2.05) is 0 Å². The van der Waals surface area contributed by atoms with E-state index in [2.05, 4.69) is 4.90 Å². The second-order valence-corrected chi connectivity index (χ2v) is 4.60. The predicted molar refractivity (Wildman–Crippen MR) is 62.9 cm³/mol. The fourth-order valence-electron chi connectivity index (χ4n) is 2.17. The molecule has 0 spiro atoms. The summed E-state index contributed by atoms with van der Waals surface area (Å²) in [5, 5.41) is 8.93. The highest BCUT2D eigenvalue weighted by atomic mass is 16.4. The molecule has 1 fully saturated rings. The SMILES string of the molecule is Cc1oc(CN2CCC(N)CC2)cc1C(=O)O. The summed E-state index contributed by atoms with van der Waals surface area (Å²) in [4.78, 5) is 13.1. The van der Waals surface area contributed by atoms with Crippen molar-refractivity contribution in [3.63, 3.8) is 0 Å². The minimum atomic E-state index is -0.932. The van der Waals surface area contributed by atoms with Crippen LogP contribution in [0.5, 0.6) is 0 Å². The van der Waals surface area contributed by atoms with Gasteiger partial charge in [0.2, 0.25) is 0 Å². The summed E-state index contributed by atoms with van der Waals surface area (Å²) < 4.78 is 5.45. The number of nitrogens with two attached hydrogens (primary N) is 1. The highest BCUT2D eigenvalue weighted by Gasteiger charge is 2.19. The first-order valence-electron chi connectivity index (χ1n) is 5.87. The van der Waals surface area contributed by atoms with Gasteiger partial charge in [0.05, 0.1) is 6.54 Å². The van der Waals surface area contributed by atoms with Gasteiger partial charge in [0, 0.05) is 19.1 Å². The van der Waals surface area contributed by atoms with Gasteiger partial charge in [0.15, 0.2) is 0 Å². The van der Waals surface area contributed by atoms with Gasteiger partial charge in [0.1, 0.15) is 17.1 Å². The number of aryl methyl sites for hydroxylation is 1. The number of nitrogens with zero attached hydrogens (tertiary/aromatic N) is 1. The summed E-state index contributed by atoms with van der Waals surface area (Å²) in [6.07, 6.45) is 1.98. The molecule has 0 atom stereocenters. The zero-order chi connectivity index (χ0) is 12.4. The molecule has 94 valence electrons. The number of furan rings is 1. The third kappa shape index (κ3) is 2.87. The van der Waals surface area contributed by atoms with Gasteiger partial charge in [-0.05, 0) is 25.8 Å². The maximum atomic E-state index is 10.9. The fraction of sp³-hybridized carbons (Fsp3) is 0.583. The Labute approximate surface area is 100 Å². The highest BCUT2D eigenvalue weighted by Crippen LogP contribution is 2.18. The smallest absolute Gasteiger partial charge is 0.339 e. The van der Waals surface area contributed by atoms with Gasteiger partial charge in [-0.3, -0.25) is 4.90 Å². The highest BCUT2D eigenvalue weighted by molar-refractivity contribution is 5.88. The van der Waals surface area contributed by atoms with E-state index in [9.17, 15) is 4.79 Å². The van der Waals surface area contributed by atoms with Crippen molar-refractivity contribution in [1.82, 2.24) is 4.90 Å². The Balaban J connectivity index is 1.99. The minimum absolute atomic E-state index is 0.258. The Morgan fingerprint density at radius 3 is 2.76 bits per heavy atom. The Morgan fingerprint density at radius 2 is 2.24 bits per heavy atom. The standard InChI is InChI=1S/C12H18N2O3/c1-8-11(12(15)16)6-10(17-8)7-14-4-2-9(13)3-5-14/h6,9H,2-5,7,13H2,1H3,(H,15,16). The lowest BCUT2D eigenvalue weighted by atomic mass is 10.1. The van der Waals surface area contributed by atoms with Crippen LogP contribution in [0.4, 0.5) is 0 Å². The van der Waals surface area contributed by atoms with E-state index in [0.29, 0.717) is 18.3 Å². The first kappa shape index (κ1) is 12.1. The molecular formula is C12H18N2O3. The van der Waals surface area contributed by atoms with E-state index >= 15 is 0 Å². The molecule has 1 aliphatic rings. The lowest BCUT2D eigenvalue weighted by Gasteiger charge is -2.29. The van der Waals surface area contributed by atoms with Crippen LogP contribution in [0.1, 0.15) is 34.7 Å². The van der Waals surface area contributed by atoms with Crippen molar-refractivity contribution in [2.45, 2.75) is 32.4 Å². The molecule has 3 N–H and O–H groups in total.